The fourth-order valence-corrected chi connectivity index (χ4v) is 4.15. The number of benzene rings is 4. The van der Waals surface area contributed by atoms with Crippen molar-refractivity contribution in [3.8, 4) is 11.5 Å². The fraction of sp³-hybridized carbons (Fsp3) is 0.235. The molecule has 0 aromatic heterocycles. The lowest BCUT2D eigenvalue weighted by Crippen LogP contribution is -2.47. The van der Waals surface area contributed by atoms with Crippen LogP contribution in [0.2, 0.25) is 0 Å². The number of carbonyl (C=O) groups is 2. The van der Waals surface area contributed by atoms with Crippen molar-refractivity contribution in [1.29, 1.82) is 0 Å². The SMILES string of the molecule is CCOC(=O)[C@H](Cc1ccc(OCc2ccccc2)c(OCc2ccccc2)c1)NC(=O)NCc1ccc(C)cc1. The largest absolute Gasteiger partial charge is 0.485 e. The maximum absolute atomic E-state index is 12.8. The van der Waals surface area contributed by atoms with Crippen LogP contribution in [-0.2, 0) is 35.7 Å². The van der Waals surface area contributed by atoms with Crippen molar-refractivity contribution >= 4 is 12.0 Å². The first kappa shape index (κ1) is 29.2. The number of ether oxygens (including phenoxy) is 3. The highest BCUT2D eigenvalue weighted by molar-refractivity contribution is 5.83. The molecule has 0 bridgehead atoms. The Bertz CT molecular complexity index is 1390. The molecule has 4 aromatic carbocycles. The van der Waals surface area contributed by atoms with E-state index in [1.807, 2.05) is 110 Å². The van der Waals surface area contributed by atoms with Crippen molar-refractivity contribution in [3.05, 3.63) is 131 Å². The zero-order chi connectivity index (χ0) is 28.9. The highest BCUT2D eigenvalue weighted by Gasteiger charge is 2.23. The Kier molecular flexibility index (Phi) is 10.8. The quantitative estimate of drug-likeness (QED) is 0.195. The molecule has 4 aromatic rings. The maximum atomic E-state index is 12.8. The second-order valence-electron chi connectivity index (χ2n) is 9.65. The van der Waals surface area contributed by atoms with Gasteiger partial charge in [-0.05, 0) is 48.2 Å². The molecule has 4 rings (SSSR count). The predicted octanol–water partition coefficient (Wildman–Crippen LogP) is 6.13. The summed E-state index contributed by atoms with van der Waals surface area (Å²) in [6, 6.07) is 31.8. The third kappa shape index (κ3) is 9.42. The Morgan fingerprint density at radius 1 is 0.707 bits per heavy atom. The summed E-state index contributed by atoms with van der Waals surface area (Å²) in [6.45, 7) is 5.03. The van der Waals surface area contributed by atoms with Crippen LogP contribution in [0, 0.1) is 6.92 Å². The number of aryl methyl sites for hydroxylation is 1. The number of amides is 2. The molecule has 0 saturated heterocycles. The third-order valence-corrected chi connectivity index (χ3v) is 6.37. The van der Waals surface area contributed by atoms with Crippen molar-refractivity contribution in [3.63, 3.8) is 0 Å². The minimum Gasteiger partial charge on any atom is -0.485 e. The molecule has 0 spiro atoms. The lowest BCUT2D eigenvalue weighted by molar-refractivity contribution is -0.145. The highest BCUT2D eigenvalue weighted by Crippen LogP contribution is 2.30. The smallest absolute Gasteiger partial charge is 0.329 e. The molecule has 0 aliphatic heterocycles. The standard InChI is InChI=1S/C34H36N2O5/c1-3-39-33(37)30(36-34(38)35-22-26-16-14-25(2)15-17-26)20-29-18-19-31(40-23-27-10-6-4-7-11-27)32(21-29)41-24-28-12-8-5-9-13-28/h4-19,21,30H,3,20,22-24H2,1-2H3,(H2,35,36,38)/t30-/m0/s1. The van der Waals surface area contributed by atoms with Crippen LogP contribution in [-0.4, -0.2) is 24.6 Å². The Morgan fingerprint density at radius 3 is 1.90 bits per heavy atom. The molecule has 0 aliphatic rings. The summed E-state index contributed by atoms with van der Waals surface area (Å²) in [5.74, 6) is 0.632. The first-order valence-electron chi connectivity index (χ1n) is 13.7. The van der Waals surface area contributed by atoms with Crippen molar-refractivity contribution in [2.24, 2.45) is 0 Å². The Balaban J connectivity index is 1.47. The van der Waals surface area contributed by atoms with E-state index in [9.17, 15) is 9.59 Å². The van der Waals surface area contributed by atoms with E-state index in [0.717, 1.165) is 27.8 Å². The Hall–Kier alpha value is -4.78. The van der Waals surface area contributed by atoms with E-state index in [2.05, 4.69) is 10.6 Å². The molecular formula is C34H36N2O5. The van der Waals surface area contributed by atoms with Crippen LogP contribution in [0.15, 0.2) is 103 Å². The van der Waals surface area contributed by atoms with Gasteiger partial charge < -0.3 is 24.8 Å². The number of urea groups is 1. The number of rotatable bonds is 13. The lowest BCUT2D eigenvalue weighted by Gasteiger charge is -2.19. The van der Waals surface area contributed by atoms with E-state index in [4.69, 9.17) is 14.2 Å². The molecule has 0 aliphatic carbocycles. The molecule has 0 unspecified atom stereocenters. The van der Waals surface area contributed by atoms with Crippen molar-refractivity contribution in [1.82, 2.24) is 10.6 Å². The second kappa shape index (κ2) is 15.1. The van der Waals surface area contributed by atoms with Gasteiger partial charge in [0.1, 0.15) is 19.3 Å². The number of esters is 1. The van der Waals surface area contributed by atoms with E-state index in [1.165, 1.54) is 0 Å². The first-order valence-corrected chi connectivity index (χ1v) is 13.7. The van der Waals surface area contributed by atoms with E-state index in [1.54, 1.807) is 6.92 Å². The topological polar surface area (TPSA) is 85.9 Å². The van der Waals surface area contributed by atoms with Crippen LogP contribution < -0.4 is 20.1 Å². The predicted molar refractivity (Wildman–Crippen MR) is 159 cm³/mol. The van der Waals surface area contributed by atoms with Crippen LogP contribution in [0.5, 0.6) is 11.5 Å². The average molecular weight is 553 g/mol. The summed E-state index contributed by atoms with van der Waals surface area (Å²) in [5.41, 5.74) is 4.95. The van der Waals surface area contributed by atoms with Crippen molar-refractivity contribution in [2.45, 2.75) is 46.1 Å². The van der Waals surface area contributed by atoms with Gasteiger partial charge in [0.25, 0.3) is 0 Å². The molecule has 7 heteroatoms. The van der Waals surface area contributed by atoms with Gasteiger partial charge in [-0.25, -0.2) is 9.59 Å². The molecule has 7 nitrogen and oxygen atoms in total. The van der Waals surface area contributed by atoms with E-state index < -0.39 is 18.0 Å². The summed E-state index contributed by atoms with van der Waals surface area (Å²) in [7, 11) is 0. The molecule has 212 valence electrons. The molecule has 0 fully saturated rings. The monoisotopic (exact) mass is 552 g/mol. The van der Waals surface area contributed by atoms with Gasteiger partial charge in [0.15, 0.2) is 11.5 Å². The number of hydrogen-bond donors (Lipinski definition) is 2. The summed E-state index contributed by atoms with van der Waals surface area (Å²) in [5, 5.41) is 5.59. The summed E-state index contributed by atoms with van der Waals surface area (Å²) >= 11 is 0. The van der Waals surface area contributed by atoms with Gasteiger partial charge in [-0.15, -0.1) is 0 Å². The lowest BCUT2D eigenvalue weighted by atomic mass is 10.1. The number of carbonyl (C=O) groups excluding carboxylic acids is 2. The van der Waals surface area contributed by atoms with Gasteiger partial charge in [0.2, 0.25) is 0 Å². The Labute approximate surface area is 241 Å². The van der Waals surface area contributed by atoms with E-state index >= 15 is 0 Å². The Morgan fingerprint density at radius 2 is 1.29 bits per heavy atom. The van der Waals surface area contributed by atoms with Gasteiger partial charge in [0.05, 0.1) is 6.61 Å². The summed E-state index contributed by atoms with van der Waals surface area (Å²) < 4.78 is 17.5. The highest BCUT2D eigenvalue weighted by atomic mass is 16.5. The van der Waals surface area contributed by atoms with Crippen molar-refractivity contribution < 1.29 is 23.8 Å². The van der Waals surface area contributed by atoms with Crippen LogP contribution in [0.4, 0.5) is 4.79 Å². The maximum Gasteiger partial charge on any atom is 0.329 e. The average Bonchev–Trinajstić information content (AvgIpc) is 3.00. The number of nitrogens with one attached hydrogen (secondary N) is 2. The zero-order valence-corrected chi connectivity index (χ0v) is 23.5. The molecule has 0 saturated carbocycles. The number of hydrogen-bond acceptors (Lipinski definition) is 5. The summed E-state index contributed by atoms with van der Waals surface area (Å²) in [6.07, 6.45) is 0.220. The first-order chi connectivity index (χ1) is 20.0. The van der Waals surface area contributed by atoms with Crippen LogP contribution in [0.1, 0.15) is 34.7 Å². The molecule has 0 heterocycles. The van der Waals surface area contributed by atoms with Crippen LogP contribution >= 0.6 is 0 Å². The molecule has 2 N–H and O–H groups in total. The van der Waals surface area contributed by atoms with Gasteiger partial charge in [-0.2, -0.15) is 0 Å². The minimum atomic E-state index is -0.883. The fourth-order valence-electron chi connectivity index (χ4n) is 4.15. The molecular weight excluding hydrogens is 516 g/mol. The van der Waals surface area contributed by atoms with Gasteiger partial charge in [0, 0.05) is 13.0 Å². The van der Waals surface area contributed by atoms with Crippen molar-refractivity contribution in [2.75, 3.05) is 6.61 Å². The third-order valence-electron chi connectivity index (χ3n) is 6.37. The van der Waals surface area contributed by atoms with E-state index in [0.29, 0.717) is 31.3 Å². The molecule has 1 atom stereocenters. The summed E-state index contributed by atoms with van der Waals surface area (Å²) in [4.78, 5) is 25.5. The normalized spacial score (nSPS) is 11.3. The molecule has 41 heavy (non-hydrogen) atoms. The minimum absolute atomic E-state index is 0.208. The van der Waals surface area contributed by atoms with E-state index in [-0.39, 0.29) is 13.0 Å². The molecule has 2 amide bonds. The second-order valence-corrected chi connectivity index (χ2v) is 9.65. The van der Waals surface area contributed by atoms with Crippen LogP contribution in [0.25, 0.3) is 0 Å². The zero-order valence-electron chi connectivity index (χ0n) is 23.5. The van der Waals surface area contributed by atoms with Crippen LogP contribution in [0.3, 0.4) is 0 Å². The van der Waals surface area contributed by atoms with Gasteiger partial charge in [-0.1, -0.05) is 96.6 Å². The molecule has 0 radical (unpaired) electrons. The van der Waals surface area contributed by atoms with Gasteiger partial charge >= 0.3 is 12.0 Å². The van der Waals surface area contributed by atoms with Gasteiger partial charge in [-0.3, -0.25) is 0 Å².